The van der Waals surface area contributed by atoms with Crippen LogP contribution in [0.2, 0.25) is 0 Å². The van der Waals surface area contributed by atoms with E-state index in [0.717, 1.165) is 32.2 Å². The first kappa shape index (κ1) is 12.4. The highest BCUT2D eigenvalue weighted by Crippen LogP contribution is 2.28. The molecule has 104 valence electrons. The van der Waals surface area contributed by atoms with E-state index in [0.29, 0.717) is 17.9 Å². The Morgan fingerprint density at radius 1 is 1.11 bits per heavy atom. The van der Waals surface area contributed by atoms with E-state index in [-0.39, 0.29) is 0 Å². The minimum atomic E-state index is 0.360. The Morgan fingerprint density at radius 3 is 2.42 bits per heavy atom. The number of nitrogens with zero attached hydrogens (tertiary/aromatic N) is 5. The maximum atomic E-state index is 5.12. The molecule has 1 saturated carbocycles. The average Bonchev–Trinajstić information content (AvgIpc) is 3.31. The van der Waals surface area contributed by atoms with Crippen LogP contribution < -0.4 is 15.0 Å². The summed E-state index contributed by atoms with van der Waals surface area (Å²) in [7, 11) is 3.37. The fourth-order valence-electron chi connectivity index (χ4n) is 2.42. The van der Waals surface area contributed by atoms with Crippen LogP contribution in [0.15, 0.2) is 0 Å². The van der Waals surface area contributed by atoms with Crippen LogP contribution in [0.4, 0.5) is 11.9 Å². The van der Waals surface area contributed by atoms with Crippen molar-refractivity contribution >= 4 is 11.9 Å². The third kappa shape index (κ3) is 2.70. The number of ether oxygens (including phenoxy) is 1. The quantitative estimate of drug-likeness (QED) is 0.833. The maximum absolute atomic E-state index is 5.12. The molecule has 0 amide bonds. The third-order valence-electron chi connectivity index (χ3n) is 3.67. The van der Waals surface area contributed by atoms with Gasteiger partial charge in [-0.15, -0.1) is 0 Å². The number of nitrogens with one attached hydrogen (secondary N) is 1. The fourth-order valence-corrected chi connectivity index (χ4v) is 2.42. The summed E-state index contributed by atoms with van der Waals surface area (Å²) in [6.07, 6.45) is 2.73. The number of anilines is 2. The van der Waals surface area contributed by atoms with Crippen LogP contribution in [0.3, 0.4) is 0 Å². The molecule has 7 heteroatoms. The van der Waals surface area contributed by atoms with Crippen LogP contribution >= 0.6 is 0 Å². The first-order chi connectivity index (χ1) is 9.30. The Hall–Kier alpha value is -1.63. The molecule has 2 heterocycles. The van der Waals surface area contributed by atoms with Gasteiger partial charge in [0.1, 0.15) is 0 Å². The van der Waals surface area contributed by atoms with Gasteiger partial charge in [0.15, 0.2) is 0 Å². The fraction of sp³-hybridized carbons (Fsp3) is 0.750. The molecule has 0 spiro atoms. The number of rotatable bonds is 4. The largest absolute Gasteiger partial charge is 0.467 e. The van der Waals surface area contributed by atoms with Gasteiger partial charge in [-0.3, -0.25) is 4.90 Å². The molecule has 0 aromatic carbocycles. The van der Waals surface area contributed by atoms with Crippen LogP contribution in [-0.2, 0) is 0 Å². The van der Waals surface area contributed by atoms with Crippen LogP contribution in [-0.4, -0.2) is 66.2 Å². The molecule has 1 N–H and O–H groups in total. The van der Waals surface area contributed by atoms with E-state index in [1.165, 1.54) is 12.8 Å². The highest BCUT2D eigenvalue weighted by molar-refractivity contribution is 5.38. The normalized spacial score (nSPS) is 20.4. The average molecular weight is 264 g/mol. The number of hydrogen-bond acceptors (Lipinski definition) is 7. The number of hydrogen-bond donors (Lipinski definition) is 1. The van der Waals surface area contributed by atoms with Crippen molar-refractivity contribution in [2.24, 2.45) is 0 Å². The van der Waals surface area contributed by atoms with Crippen molar-refractivity contribution in [1.82, 2.24) is 19.9 Å². The first-order valence-electron chi connectivity index (χ1n) is 6.77. The lowest BCUT2D eigenvalue weighted by Gasteiger charge is -2.34. The van der Waals surface area contributed by atoms with Gasteiger partial charge in [-0.2, -0.15) is 15.0 Å². The van der Waals surface area contributed by atoms with Gasteiger partial charge in [0.2, 0.25) is 11.9 Å². The summed E-state index contributed by atoms with van der Waals surface area (Å²) < 4.78 is 5.12. The van der Waals surface area contributed by atoms with E-state index in [1.807, 2.05) is 0 Å². The molecule has 1 aliphatic carbocycles. The summed E-state index contributed by atoms with van der Waals surface area (Å²) in [5.41, 5.74) is 0. The third-order valence-corrected chi connectivity index (χ3v) is 3.67. The minimum absolute atomic E-state index is 0.360. The molecule has 7 nitrogen and oxygen atoms in total. The summed E-state index contributed by atoms with van der Waals surface area (Å²) in [6, 6.07) is 1.20. The molecular formula is C12H20N6O. The predicted molar refractivity (Wildman–Crippen MR) is 72.7 cm³/mol. The SMILES string of the molecule is CNc1nc(OC)nc(N2CCN(C3CC3)CC2)n1. The molecule has 0 atom stereocenters. The molecule has 1 aromatic heterocycles. The summed E-state index contributed by atoms with van der Waals surface area (Å²) in [4.78, 5) is 17.6. The molecule has 3 rings (SSSR count). The molecule has 1 saturated heterocycles. The van der Waals surface area contributed by atoms with Gasteiger partial charge in [-0.1, -0.05) is 0 Å². The standard InChI is InChI=1S/C12H20N6O/c1-13-10-14-11(16-12(15-10)19-2)18-7-5-17(6-8-18)9-3-4-9/h9H,3-8H2,1-2H3,(H,13,14,15,16). The van der Waals surface area contributed by atoms with Gasteiger partial charge in [0, 0.05) is 39.3 Å². The van der Waals surface area contributed by atoms with E-state index in [4.69, 9.17) is 4.74 Å². The topological polar surface area (TPSA) is 66.4 Å². The van der Waals surface area contributed by atoms with E-state index >= 15 is 0 Å². The second-order valence-electron chi connectivity index (χ2n) is 4.95. The number of methoxy groups -OCH3 is 1. The molecule has 0 radical (unpaired) electrons. The lowest BCUT2D eigenvalue weighted by atomic mass is 10.3. The second-order valence-corrected chi connectivity index (χ2v) is 4.95. The van der Waals surface area contributed by atoms with E-state index < -0.39 is 0 Å². The van der Waals surface area contributed by atoms with Crippen molar-refractivity contribution in [3.63, 3.8) is 0 Å². The summed E-state index contributed by atoms with van der Waals surface area (Å²) in [6.45, 7) is 4.11. The number of piperazine rings is 1. The van der Waals surface area contributed by atoms with Crippen molar-refractivity contribution in [3.8, 4) is 6.01 Å². The Labute approximate surface area is 113 Å². The highest BCUT2D eigenvalue weighted by atomic mass is 16.5. The van der Waals surface area contributed by atoms with E-state index in [9.17, 15) is 0 Å². The molecule has 1 aliphatic heterocycles. The zero-order valence-corrected chi connectivity index (χ0v) is 11.5. The monoisotopic (exact) mass is 264 g/mol. The Balaban J connectivity index is 1.71. The molecule has 0 unspecified atom stereocenters. The highest BCUT2D eigenvalue weighted by Gasteiger charge is 2.31. The van der Waals surface area contributed by atoms with Gasteiger partial charge < -0.3 is 15.0 Å². The van der Waals surface area contributed by atoms with Crippen molar-refractivity contribution in [3.05, 3.63) is 0 Å². The molecular weight excluding hydrogens is 244 g/mol. The second kappa shape index (κ2) is 5.16. The zero-order chi connectivity index (χ0) is 13.2. The predicted octanol–water partition coefficient (Wildman–Crippen LogP) is 0.206. The summed E-state index contributed by atoms with van der Waals surface area (Å²) in [5, 5.41) is 2.94. The Bertz CT molecular complexity index is 420. The van der Waals surface area contributed by atoms with Gasteiger partial charge in [-0.05, 0) is 12.8 Å². The van der Waals surface area contributed by atoms with Crippen LogP contribution in [0, 0.1) is 0 Å². The van der Waals surface area contributed by atoms with Crippen molar-refractivity contribution < 1.29 is 4.74 Å². The number of aromatic nitrogens is 3. The molecule has 19 heavy (non-hydrogen) atoms. The smallest absolute Gasteiger partial charge is 0.322 e. The molecule has 1 aromatic rings. The van der Waals surface area contributed by atoms with E-state index in [2.05, 4.69) is 30.1 Å². The van der Waals surface area contributed by atoms with Crippen molar-refractivity contribution in [2.45, 2.75) is 18.9 Å². The van der Waals surface area contributed by atoms with Crippen molar-refractivity contribution in [1.29, 1.82) is 0 Å². The Morgan fingerprint density at radius 2 is 1.84 bits per heavy atom. The lowest BCUT2D eigenvalue weighted by molar-refractivity contribution is 0.246. The van der Waals surface area contributed by atoms with Crippen molar-refractivity contribution in [2.75, 3.05) is 50.6 Å². The van der Waals surface area contributed by atoms with Crippen LogP contribution in [0.1, 0.15) is 12.8 Å². The summed E-state index contributed by atoms with van der Waals surface area (Å²) in [5.74, 6) is 1.25. The van der Waals surface area contributed by atoms with Crippen LogP contribution in [0.5, 0.6) is 6.01 Å². The van der Waals surface area contributed by atoms with Crippen LogP contribution in [0.25, 0.3) is 0 Å². The van der Waals surface area contributed by atoms with E-state index in [1.54, 1.807) is 14.2 Å². The maximum Gasteiger partial charge on any atom is 0.322 e. The zero-order valence-electron chi connectivity index (χ0n) is 11.5. The molecule has 0 bridgehead atoms. The van der Waals surface area contributed by atoms with Gasteiger partial charge in [-0.25, -0.2) is 0 Å². The molecule has 2 fully saturated rings. The minimum Gasteiger partial charge on any atom is -0.467 e. The van der Waals surface area contributed by atoms with Gasteiger partial charge in [0.05, 0.1) is 7.11 Å². The summed E-state index contributed by atoms with van der Waals surface area (Å²) >= 11 is 0. The first-order valence-corrected chi connectivity index (χ1v) is 6.77. The van der Waals surface area contributed by atoms with Gasteiger partial charge >= 0.3 is 6.01 Å². The molecule has 2 aliphatic rings. The Kier molecular flexibility index (Phi) is 3.37. The van der Waals surface area contributed by atoms with Gasteiger partial charge in [0.25, 0.3) is 0 Å². The lowest BCUT2D eigenvalue weighted by Crippen LogP contribution is -2.47.